The summed E-state index contributed by atoms with van der Waals surface area (Å²) in [6.45, 7) is 24.3. The summed E-state index contributed by atoms with van der Waals surface area (Å²) in [5.41, 5.74) is 3.38. The van der Waals surface area contributed by atoms with E-state index in [1.807, 2.05) is 0 Å². The lowest BCUT2D eigenvalue weighted by molar-refractivity contribution is 0.00406. The summed E-state index contributed by atoms with van der Waals surface area (Å²) in [6, 6.07) is 22.6. The molecule has 0 spiro atoms. The van der Waals surface area contributed by atoms with E-state index in [2.05, 4.69) is 130 Å². The van der Waals surface area contributed by atoms with Gasteiger partial charge in [0.1, 0.15) is 0 Å². The first-order chi connectivity index (χ1) is 13.1. The van der Waals surface area contributed by atoms with Crippen LogP contribution in [0.1, 0.15) is 93.2 Å². The van der Waals surface area contributed by atoms with E-state index in [0.29, 0.717) is 0 Å². The van der Waals surface area contributed by atoms with Crippen LogP contribution in [0.15, 0.2) is 60.7 Å². The van der Waals surface area contributed by atoms with Gasteiger partial charge in [0.15, 0.2) is 0 Å². The van der Waals surface area contributed by atoms with Crippen molar-refractivity contribution < 1.29 is 0 Å². The quantitative estimate of drug-likeness (QED) is 0.460. The van der Waals surface area contributed by atoms with Crippen molar-refractivity contribution in [2.75, 3.05) is 0 Å². The maximum absolute atomic E-state index is 2.50. The van der Waals surface area contributed by atoms with E-state index in [0.717, 1.165) is 12.8 Å². The largest absolute Gasteiger partial charge is 0.0622 e. The summed E-state index contributed by atoms with van der Waals surface area (Å²) in [5.74, 6) is 0. The highest BCUT2D eigenvalue weighted by Crippen LogP contribution is 2.63. The molecule has 2 aromatic rings. The molecular formula is C29H44. The van der Waals surface area contributed by atoms with E-state index in [1.165, 1.54) is 11.1 Å². The number of hydrogen-bond donors (Lipinski definition) is 0. The van der Waals surface area contributed by atoms with E-state index >= 15 is 0 Å². The summed E-state index contributed by atoms with van der Waals surface area (Å²) < 4.78 is 0. The normalized spacial score (nSPS) is 14.1. The number of rotatable bonds is 6. The van der Waals surface area contributed by atoms with Gasteiger partial charge < -0.3 is 0 Å². The second kappa shape index (κ2) is 7.93. The molecule has 0 amide bonds. The van der Waals surface area contributed by atoms with E-state index in [4.69, 9.17) is 0 Å². The molecule has 2 aromatic carbocycles. The molecule has 29 heavy (non-hydrogen) atoms. The summed E-state index contributed by atoms with van der Waals surface area (Å²) in [6.07, 6.45) is 2.30. The van der Waals surface area contributed by atoms with E-state index in [9.17, 15) is 0 Å². The molecule has 2 rings (SSSR count). The van der Waals surface area contributed by atoms with E-state index in [1.54, 1.807) is 0 Å². The molecule has 0 nitrogen and oxygen atoms in total. The second-order valence-electron chi connectivity index (χ2n) is 12.7. The van der Waals surface area contributed by atoms with Gasteiger partial charge in [0.25, 0.3) is 0 Å². The van der Waals surface area contributed by atoms with Crippen molar-refractivity contribution in [2.45, 2.75) is 87.5 Å². The Hall–Kier alpha value is -1.56. The summed E-state index contributed by atoms with van der Waals surface area (Å²) >= 11 is 0. The van der Waals surface area contributed by atoms with Gasteiger partial charge in [-0.2, -0.15) is 0 Å². The average molecular weight is 393 g/mol. The van der Waals surface area contributed by atoms with Crippen LogP contribution in [0, 0.1) is 21.7 Å². The van der Waals surface area contributed by atoms with Gasteiger partial charge in [-0.05, 0) is 45.6 Å². The van der Waals surface area contributed by atoms with Gasteiger partial charge >= 0.3 is 0 Å². The van der Waals surface area contributed by atoms with Gasteiger partial charge in [0, 0.05) is 5.41 Å². The first-order valence-corrected chi connectivity index (χ1v) is 11.2. The maximum atomic E-state index is 2.50. The second-order valence-corrected chi connectivity index (χ2v) is 12.7. The molecule has 0 saturated heterocycles. The van der Waals surface area contributed by atoms with Crippen LogP contribution in [0.25, 0.3) is 0 Å². The molecule has 0 heterocycles. The first-order valence-electron chi connectivity index (χ1n) is 11.2. The molecule has 0 heteroatoms. The van der Waals surface area contributed by atoms with Gasteiger partial charge in [-0.25, -0.2) is 0 Å². The lowest BCUT2D eigenvalue weighted by Gasteiger charge is -2.60. The molecule has 0 fully saturated rings. The molecule has 0 saturated carbocycles. The van der Waals surface area contributed by atoms with Gasteiger partial charge in [-0.1, -0.05) is 130 Å². The topological polar surface area (TPSA) is 0 Å². The standard InChI is InChI=1S/C29H44/c1-25(2,3)21-27(7,8)29(23-17-13-11-14-18-23,24-19-15-12-16-20-24)28(9,10)22-26(4,5)6/h11-20H,21-22H2,1-10H3. The zero-order valence-corrected chi connectivity index (χ0v) is 20.7. The Labute approximate surface area is 181 Å². The molecule has 0 aromatic heterocycles. The molecular weight excluding hydrogens is 348 g/mol. The Balaban J connectivity index is 2.94. The molecule has 0 aliphatic rings. The zero-order valence-electron chi connectivity index (χ0n) is 20.7. The zero-order chi connectivity index (χ0) is 22.1. The van der Waals surface area contributed by atoms with Crippen LogP contribution in [-0.2, 0) is 5.41 Å². The van der Waals surface area contributed by atoms with Crippen molar-refractivity contribution in [3.8, 4) is 0 Å². The monoisotopic (exact) mass is 392 g/mol. The highest BCUT2D eigenvalue weighted by molar-refractivity contribution is 5.45. The average Bonchev–Trinajstić information content (AvgIpc) is 2.52. The van der Waals surface area contributed by atoms with Crippen LogP contribution in [0.3, 0.4) is 0 Å². The molecule has 0 bridgehead atoms. The van der Waals surface area contributed by atoms with Crippen molar-refractivity contribution in [2.24, 2.45) is 21.7 Å². The summed E-state index contributed by atoms with van der Waals surface area (Å²) in [4.78, 5) is 0. The molecule has 0 N–H and O–H groups in total. The van der Waals surface area contributed by atoms with Crippen molar-refractivity contribution in [3.63, 3.8) is 0 Å². The van der Waals surface area contributed by atoms with Gasteiger partial charge in [-0.15, -0.1) is 0 Å². The van der Waals surface area contributed by atoms with Crippen LogP contribution in [-0.4, -0.2) is 0 Å². The highest BCUT2D eigenvalue weighted by atomic mass is 14.6. The molecule has 160 valence electrons. The Morgan fingerprint density at radius 1 is 0.448 bits per heavy atom. The van der Waals surface area contributed by atoms with Crippen molar-refractivity contribution >= 4 is 0 Å². The van der Waals surface area contributed by atoms with Crippen LogP contribution in [0.2, 0.25) is 0 Å². The third-order valence-electron chi connectivity index (χ3n) is 6.39. The molecule has 0 radical (unpaired) electrons. The third-order valence-corrected chi connectivity index (χ3v) is 6.39. The smallest absolute Gasteiger partial charge is 0.0305 e. The number of hydrogen-bond acceptors (Lipinski definition) is 0. The van der Waals surface area contributed by atoms with E-state index in [-0.39, 0.29) is 27.1 Å². The van der Waals surface area contributed by atoms with Crippen LogP contribution < -0.4 is 0 Å². The van der Waals surface area contributed by atoms with Gasteiger partial charge in [0.05, 0.1) is 0 Å². The fourth-order valence-electron chi connectivity index (χ4n) is 6.94. The SMILES string of the molecule is CC(C)(C)CC(C)(C)C(c1ccccc1)(c1ccccc1)C(C)(C)CC(C)(C)C. The fourth-order valence-corrected chi connectivity index (χ4v) is 6.94. The third kappa shape index (κ3) is 4.96. The minimum Gasteiger partial charge on any atom is -0.0622 e. The van der Waals surface area contributed by atoms with Crippen molar-refractivity contribution in [3.05, 3.63) is 71.8 Å². The molecule has 0 aliphatic heterocycles. The van der Waals surface area contributed by atoms with Crippen LogP contribution >= 0.6 is 0 Å². The lowest BCUT2D eigenvalue weighted by atomic mass is 9.43. The first kappa shape index (κ1) is 23.7. The van der Waals surface area contributed by atoms with Gasteiger partial charge in [0.2, 0.25) is 0 Å². The van der Waals surface area contributed by atoms with Crippen molar-refractivity contribution in [1.82, 2.24) is 0 Å². The Morgan fingerprint density at radius 2 is 0.724 bits per heavy atom. The Morgan fingerprint density at radius 3 is 0.966 bits per heavy atom. The summed E-state index contributed by atoms with van der Waals surface area (Å²) in [5, 5.41) is 0. The predicted molar refractivity (Wildman–Crippen MR) is 129 cm³/mol. The minimum atomic E-state index is -0.108. The predicted octanol–water partition coefficient (Wildman–Crippen LogP) is 8.90. The molecule has 0 atom stereocenters. The maximum Gasteiger partial charge on any atom is 0.0305 e. The van der Waals surface area contributed by atoms with Crippen LogP contribution in [0.4, 0.5) is 0 Å². The van der Waals surface area contributed by atoms with Crippen LogP contribution in [0.5, 0.6) is 0 Å². The van der Waals surface area contributed by atoms with Crippen molar-refractivity contribution in [1.29, 1.82) is 0 Å². The number of benzene rings is 2. The molecule has 0 aliphatic carbocycles. The Kier molecular flexibility index (Phi) is 6.49. The van der Waals surface area contributed by atoms with Gasteiger partial charge in [-0.3, -0.25) is 0 Å². The summed E-state index contributed by atoms with van der Waals surface area (Å²) in [7, 11) is 0. The highest BCUT2D eigenvalue weighted by Gasteiger charge is 2.57. The molecule has 0 unspecified atom stereocenters. The Bertz CT molecular complexity index is 695. The fraction of sp³-hybridized carbons (Fsp3) is 0.586. The van der Waals surface area contributed by atoms with E-state index < -0.39 is 0 Å². The minimum absolute atomic E-state index is 0.0582. The lowest BCUT2D eigenvalue weighted by Crippen LogP contribution is -2.55.